The van der Waals surface area contributed by atoms with Crippen molar-refractivity contribution in [2.75, 3.05) is 0 Å². The first-order valence-electron chi connectivity index (χ1n) is 8.36. The third-order valence-corrected chi connectivity index (χ3v) is 3.97. The number of ketones is 1. The summed E-state index contributed by atoms with van der Waals surface area (Å²) in [6.07, 6.45) is 0. The first-order chi connectivity index (χ1) is 13.1. The number of phenols is 2. The van der Waals surface area contributed by atoms with Gasteiger partial charge in [0.1, 0.15) is 17.2 Å². The van der Waals surface area contributed by atoms with E-state index in [0.29, 0.717) is 22.4 Å². The molecule has 27 heavy (non-hydrogen) atoms. The summed E-state index contributed by atoms with van der Waals surface area (Å²) in [6.45, 7) is 1.67. The summed E-state index contributed by atoms with van der Waals surface area (Å²) < 4.78 is 0. The van der Waals surface area contributed by atoms with Gasteiger partial charge in [-0.3, -0.25) is 4.79 Å². The SMILES string of the molecule is C/C(=N\N=C(/C(=O)c1ccccc1)c1ccccc1)c1ccc(O)cc1O. The van der Waals surface area contributed by atoms with Gasteiger partial charge in [0.15, 0.2) is 0 Å². The summed E-state index contributed by atoms with van der Waals surface area (Å²) in [7, 11) is 0. The fraction of sp³-hybridized carbons (Fsp3) is 0.0455. The summed E-state index contributed by atoms with van der Waals surface area (Å²) >= 11 is 0. The Balaban J connectivity index is 2.03. The smallest absolute Gasteiger partial charge is 0.213 e. The van der Waals surface area contributed by atoms with E-state index in [0.717, 1.165) is 0 Å². The molecule has 3 aromatic rings. The van der Waals surface area contributed by atoms with E-state index in [4.69, 9.17) is 0 Å². The van der Waals surface area contributed by atoms with Gasteiger partial charge in [-0.15, -0.1) is 5.10 Å². The quantitative estimate of drug-likeness (QED) is 0.407. The van der Waals surface area contributed by atoms with Crippen molar-refractivity contribution in [2.24, 2.45) is 10.2 Å². The summed E-state index contributed by atoms with van der Waals surface area (Å²) in [4.78, 5) is 12.9. The van der Waals surface area contributed by atoms with Gasteiger partial charge in [0.05, 0.1) is 5.71 Å². The Hall–Kier alpha value is -3.73. The molecule has 0 heterocycles. The molecule has 0 unspecified atom stereocenters. The zero-order valence-electron chi connectivity index (χ0n) is 14.7. The van der Waals surface area contributed by atoms with E-state index >= 15 is 0 Å². The van der Waals surface area contributed by atoms with E-state index in [1.54, 1.807) is 49.4 Å². The van der Waals surface area contributed by atoms with Crippen molar-refractivity contribution in [1.29, 1.82) is 0 Å². The van der Waals surface area contributed by atoms with E-state index in [9.17, 15) is 15.0 Å². The van der Waals surface area contributed by atoms with E-state index in [1.165, 1.54) is 12.1 Å². The third-order valence-electron chi connectivity index (χ3n) is 3.97. The second-order valence-electron chi connectivity index (χ2n) is 5.90. The van der Waals surface area contributed by atoms with E-state index in [2.05, 4.69) is 10.2 Å². The van der Waals surface area contributed by atoms with Gasteiger partial charge in [0.25, 0.3) is 0 Å². The van der Waals surface area contributed by atoms with E-state index < -0.39 is 0 Å². The molecule has 5 heteroatoms. The Morgan fingerprint density at radius 3 is 1.96 bits per heavy atom. The molecule has 2 N–H and O–H groups in total. The zero-order valence-corrected chi connectivity index (χ0v) is 14.7. The van der Waals surface area contributed by atoms with Gasteiger partial charge < -0.3 is 10.2 Å². The number of hydrogen-bond donors (Lipinski definition) is 2. The Labute approximate surface area is 157 Å². The first kappa shape index (κ1) is 18.1. The Bertz CT molecular complexity index is 1010. The molecule has 134 valence electrons. The molecule has 0 spiro atoms. The molecule has 3 aromatic carbocycles. The molecular formula is C22H18N2O3. The van der Waals surface area contributed by atoms with Crippen molar-refractivity contribution in [2.45, 2.75) is 6.92 Å². The minimum Gasteiger partial charge on any atom is -0.508 e. The minimum absolute atomic E-state index is 0.0446. The van der Waals surface area contributed by atoms with Crippen LogP contribution in [0.15, 0.2) is 89.1 Å². The van der Waals surface area contributed by atoms with Crippen LogP contribution in [0.1, 0.15) is 28.4 Å². The van der Waals surface area contributed by atoms with Crippen LogP contribution in [0.5, 0.6) is 11.5 Å². The topological polar surface area (TPSA) is 82.2 Å². The standard InChI is InChI=1S/C22H18N2O3/c1-15(19-13-12-18(25)14-20(19)26)23-24-21(16-8-4-2-5-9-16)22(27)17-10-6-3-7-11-17/h2-14,25-26H,1H3/b23-15+,24-21-. The van der Waals surface area contributed by atoms with Crippen LogP contribution in [-0.4, -0.2) is 27.4 Å². The van der Waals surface area contributed by atoms with Crippen molar-refractivity contribution in [3.8, 4) is 11.5 Å². The second-order valence-corrected chi connectivity index (χ2v) is 5.90. The lowest BCUT2D eigenvalue weighted by Gasteiger charge is -2.06. The Morgan fingerprint density at radius 2 is 1.37 bits per heavy atom. The van der Waals surface area contributed by atoms with Crippen LogP contribution < -0.4 is 0 Å². The third kappa shape index (κ3) is 4.27. The summed E-state index contributed by atoms with van der Waals surface area (Å²) in [5.41, 5.74) is 2.22. The molecule has 0 amide bonds. The average Bonchev–Trinajstić information content (AvgIpc) is 2.69. The maximum absolute atomic E-state index is 12.9. The highest BCUT2D eigenvalue weighted by Gasteiger charge is 2.16. The number of rotatable bonds is 5. The highest BCUT2D eigenvalue weighted by molar-refractivity contribution is 6.51. The van der Waals surface area contributed by atoms with Crippen LogP contribution >= 0.6 is 0 Å². The summed E-state index contributed by atoms with van der Waals surface area (Å²) in [5.74, 6) is -0.396. The van der Waals surface area contributed by atoms with E-state index in [1.807, 2.05) is 24.3 Å². The number of hydrogen-bond acceptors (Lipinski definition) is 5. The Morgan fingerprint density at radius 1 is 0.778 bits per heavy atom. The second kappa shape index (κ2) is 8.10. The van der Waals surface area contributed by atoms with Crippen LogP contribution in [-0.2, 0) is 0 Å². The molecule has 0 saturated carbocycles. The highest BCUT2D eigenvalue weighted by atomic mass is 16.3. The molecule has 0 bridgehead atoms. The van der Waals surface area contributed by atoms with Crippen LogP contribution in [0.4, 0.5) is 0 Å². The zero-order chi connectivity index (χ0) is 19.2. The van der Waals surface area contributed by atoms with Gasteiger partial charge in [0.2, 0.25) is 5.78 Å². The largest absolute Gasteiger partial charge is 0.508 e. The lowest BCUT2D eigenvalue weighted by atomic mass is 10.0. The molecule has 0 aliphatic heterocycles. The fourth-order valence-corrected chi connectivity index (χ4v) is 2.56. The number of phenolic OH excluding ortho intramolecular Hbond substituents is 2. The molecule has 0 aromatic heterocycles. The predicted molar refractivity (Wildman–Crippen MR) is 106 cm³/mol. The molecule has 0 fully saturated rings. The van der Waals surface area contributed by atoms with Crippen LogP contribution in [0, 0.1) is 0 Å². The number of nitrogens with zero attached hydrogens (tertiary/aromatic N) is 2. The average molecular weight is 358 g/mol. The van der Waals surface area contributed by atoms with Gasteiger partial charge in [-0.1, -0.05) is 60.7 Å². The molecule has 0 radical (unpaired) electrons. The highest BCUT2D eigenvalue weighted by Crippen LogP contribution is 2.23. The van der Waals surface area contributed by atoms with Crippen molar-refractivity contribution in [3.05, 3.63) is 95.6 Å². The first-order valence-corrected chi connectivity index (χ1v) is 8.36. The molecule has 0 aliphatic carbocycles. The van der Waals surface area contributed by atoms with Gasteiger partial charge in [-0.2, -0.15) is 5.10 Å². The molecule has 0 aliphatic rings. The fourth-order valence-electron chi connectivity index (χ4n) is 2.56. The van der Waals surface area contributed by atoms with Crippen LogP contribution in [0.2, 0.25) is 0 Å². The van der Waals surface area contributed by atoms with Gasteiger partial charge >= 0.3 is 0 Å². The van der Waals surface area contributed by atoms with Crippen molar-refractivity contribution < 1.29 is 15.0 Å². The maximum atomic E-state index is 12.9. The number of carbonyl (C=O) groups is 1. The normalized spacial score (nSPS) is 12.0. The van der Waals surface area contributed by atoms with Crippen LogP contribution in [0.25, 0.3) is 0 Å². The van der Waals surface area contributed by atoms with Crippen LogP contribution in [0.3, 0.4) is 0 Å². The van der Waals surface area contributed by atoms with E-state index in [-0.39, 0.29) is 23.0 Å². The number of Topliss-reactive ketones (excluding diaryl/α,β-unsaturated/α-hetero) is 1. The van der Waals surface area contributed by atoms with Gasteiger partial charge in [-0.25, -0.2) is 0 Å². The molecule has 0 atom stereocenters. The number of benzene rings is 3. The minimum atomic E-state index is -0.242. The van der Waals surface area contributed by atoms with Crippen molar-refractivity contribution in [3.63, 3.8) is 0 Å². The summed E-state index contributed by atoms with van der Waals surface area (Å²) in [5, 5.41) is 27.7. The lowest BCUT2D eigenvalue weighted by Crippen LogP contribution is -2.15. The van der Waals surface area contributed by atoms with Gasteiger partial charge in [-0.05, 0) is 19.1 Å². The predicted octanol–water partition coefficient (Wildman–Crippen LogP) is 4.19. The summed E-state index contributed by atoms with van der Waals surface area (Å²) in [6, 6.07) is 22.2. The van der Waals surface area contributed by atoms with Crippen molar-refractivity contribution in [1.82, 2.24) is 0 Å². The monoisotopic (exact) mass is 358 g/mol. The lowest BCUT2D eigenvalue weighted by molar-refractivity contribution is 0.106. The molecule has 0 saturated heterocycles. The molecular weight excluding hydrogens is 340 g/mol. The van der Waals surface area contributed by atoms with Crippen molar-refractivity contribution >= 4 is 17.2 Å². The number of aromatic hydroxyl groups is 2. The maximum Gasteiger partial charge on any atom is 0.213 e. The number of carbonyl (C=O) groups excluding carboxylic acids is 1. The Kier molecular flexibility index (Phi) is 5.42. The van der Waals surface area contributed by atoms with Gasteiger partial charge in [0, 0.05) is 22.8 Å². The molecule has 3 rings (SSSR count). The molecule has 5 nitrogen and oxygen atoms in total.